The molecule has 6 nitrogen and oxygen atoms in total. The highest BCUT2D eigenvalue weighted by molar-refractivity contribution is 5.75. The Balaban J connectivity index is 1.33. The number of hydrogen-bond donors (Lipinski definition) is 2. The fourth-order valence-corrected chi connectivity index (χ4v) is 3.32. The van der Waals surface area contributed by atoms with Gasteiger partial charge >= 0.3 is 12.0 Å². The number of hydrogen-bond acceptors (Lipinski definition) is 3. The largest absolute Gasteiger partial charge is 0.493 e. The van der Waals surface area contributed by atoms with Crippen LogP contribution in [0.4, 0.5) is 4.79 Å². The highest BCUT2D eigenvalue weighted by Crippen LogP contribution is 2.25. The molecule has 3 rings (SSSR count). The average Bonchev–Trinajstić information content (AvgIpc) is 2.55. The number of carboxylic acid groups (broad SMARTS) is 1. The van der Waals surface area contributed by atoms with Crippen molar-refractivity contribution in [3.05, 3.63) is 30.3 Å². The number of urea groups is 1. The zero-order valence-electron chi connectivity index (χ0n) is 13.7. The molecule has 0 unspecified atom stereocenters. The number of nitrogens with zero attached hydrogens (tertiary/aromatic N) is 1. The van der Waals surface area contributed by atoms with E-state index in [-0.39, 0.29) is 18.0 Å². The van der Waals surface area contributed by atoms with E-state index in [4.69, 9.17) is 9.84 Å². The van der Waals surface area contributed by atoms with Crippen LogP contribution in [0.15, 0.2) is 30.3 Å². The summed E-state index contributed by atoms with van der Waals surface area (Å²) in [6, 6.07) is 9.75. The number of carbonyl (C=O) groups excluding carboxylic acids is 1. The summed E-state index contributed by atoms with van der Waals surface area (Å²) in [5, 5.41) is 12.0. The third kappa shape index (κ3) is 4.19. The molecule has 1 aliphatic carbocycles. The fourth-order valence-electron chi connectivity index (χ4n) is 3.32. The molecule has 1 saturated carbocycles. The summed E-state index contributed by atoms with van der Waals surface area (Å²) < 4.78 is 5.71. The summed E-state index contributed by atoms with van der Waals surface area (Å²) in [4.78, 5) is 24.9. The molecule has 130 valence electrons. The van der Waals surface area contributed by atoms with Crippen LogP contribution in [0, 0.1) is 11.8 Å². The van der Waals surface area contributed by atoms with Crippen LogP contribution in [-0.4, -0.2) is 47.7 Å². The number of likely N-dealkylation sites (tertiary alicyclic amines) is 1. The van der Waals surface area contributed by atoms with E-state index in [1.54, 1.807) is 4.90 Å². The van der Waals surface area contributed by atoms with Gasteiger partial charge in [-0.3, -0.25) is 4.79 Å². The molecule has 1 aliphatic heterocycles. The molecular formula is C18H24N2O4. The highest BCUT2D eigenvalue weighted by Gasteiger charge is 2.33. The quantitative estimate of drug-likeness (QED) is 0.867. The molecule has 0 bridgehead atoms. The van der Waals surface area contributed by atoms with Gasteiger partial charge in [0.15, 0.2) is 0 Å². The summed E-state index contributed by atoms with van der Waals surface area (Å²) in [6.45, 7) is 2.05. The molecule has 0 aromatic heterocycles. The summed E-state index contributed by atoms with van der Waals surface area (Å²) in [5.41, 5.74) is 0. The molecule has 24 heavy (non-hydrogen) atoms. The first-order chi connectivity index (χ1) is 11.6. The van der Waals surface area contributed by atoms with Gasteiger partial charge in [0.05, 0.1) is 12.5 Å². The Morgan fingerprint density at radius 3 is 2.42 bits per heavy atom. The maximum absolute atomic E-state index is 12.2. The molecule has 2 fully saturated rings. The Kier molecular flexibility index (Phi) is 5.23. The number of amides is 2. The average molecular weight is 332 g/mol. The summed E-state index contributed by atoms with van der Waals surface area (Å²) in [7, 11) is 0. The van der Waals surface area contributed by atoms with Crippen molar-refractivity contribution in [1.82, 2.24) is 10.2 Å². The lowest BCUT2D eigenvalue weighted by Gasteiger charge is -2.40. The molecule has 1 aromatic carbocycles. The molecular weight excluding hydrogens is 308 g/mol. The van der Waals surface area contributed by atoms with Crippen LogP contribution in [-0.2, 0) is 4.79 Å². The summed E-state index contributed by atoms with van der Waals surface area (Å²) in [5.74, 6) is 0.264. The third-order valence-electron chi connectivity index (χ3n) is 4.88. The van der Waals surface area contributed by atoms with Gasteiger partial charge in [-0.05, 0) is 37.8 Å². The molecule has 0 spiro atoms. The molecule has 2 amide bonds. The van der Waals surface area contributed by atoms with Crippen molar-refractivity contribution in [2.24, 2.45) is 11.8 Å². The van der Waals surface area contributed by atoms with E-state index in [0.717, 1.165) is 18.6 Å². The van der Waals surface area contributed by atoms with Crippen molar-refractivity contribution in [2.45, 2.75) is 31.7 Å². The maximum Gasteiger partial charge on any atom is 0.317 e. The van der Waals surface area contributed by atoms with Crippen LogP contribution in [0.25, 0.3) is 0 Å². The molecule has 1 heterocycles. The van der Waals surface area contributed by atoms with E-state index in [1.165, 1.54) is 0 Å². The van der Waals surface area contributed by atoms with Gasteiger partial charge in [0, 0.05) is 25.0 Å². The van der Waals surface area contributed by atoms with Gasteiger partial charge in [-0.25, -0.2) is 4.79 Å². The van der Waals surface area contributed by atoms with E-state index in [2.05, 4.69) is 5.32 Å². The number of para-hydroxylation sites is 1. The van der Waals surface area contributed by atoms with E-state index in [0.29, 0.717) is 38.5 Å². The Bertz CT molecular complexity index is 564. The lowest BCUT2D eigenvalue weighted by molar-refractivity contribution is -0.142. The van der Waals surface area contributed by atoms with Crippen molar-refractivity contribution < 1.29 is 19.4 Å². The number of aliphatic carboxylic acids is 1. The summed E-state index contributed by atoms with van der Waals surface area (Å²) >= 11 is 0. The number of carbonyl (C=O) groups is 2. The smallest absolute Gasteiger partial charge is 0.317 e. The number of rotatable bonds is 5. The second-order valence-electron chi connectivity index (χ2n) is 6.73. The van der Waals surface area contributed by atoms with Crippen LogP contribution in [0.1, 0.15) is 25.7 Å². The third-order valence-corrected chi connectivity index (χ3v) is 4.88. The fraction of sp³-hybridized carbons (Fsp3) is 0.556. The van der Waals surface area contributed by atoms with Gasteiger partial charge in [0.1, 0.15) is 5.75 Å². The Morgan fingerprint density at radius 1 is 1.12 bits per heavy atom. The van der Waals surface area contributed by atoms with E-state index in [9.17, 15) is 9.59 Å². The minimum Gasteiger partial charge on any atom is -0.493 e. The molecule has 2 aliphatic rings. The van der Waals surface area contributed by atoms with Crippen LogP contribution in [0.3, 0.4) is 0 Å². The molecule has 0 radical (unpaired) electrons. The topological polar surface area (TPSA) is 78.9 Å². The molecule has 6 heteroatoms. The van der Waals surface area contributed by atoms with Gasteiger partial charge in [0.2, 0.25) is 0 Å². The first kappa shape index (κ1) is 16.6. The lowest BCUT2D eigenvalue weighted by Crippen LogP contribution is -2.57. The minimum absolute atomic E-state index is 0.0373. The van der Waals surface area contributed by atoms with Gasteiger partial charge in [0.25, 0.3) is 0 Å². The van der Waals surface area contributed by atoms with Gasteiger partial charge in [-0.15, -0.1) is 0 Å². The monoisotopic (exact) mass is 332 g/mol. The van der Waals surface area contributed by atoms with Crippen LogP contribution in [0.2, 0.25) is 0 Å². The minimum atomic E-state index is -0.719. The highest BCUT2D eigenvalue weighted by atomic mass is 16.5. The van der Waals surface area contributed by atoms with Gasteiger partial charge in [-0.1, -0.05) is 18.2 Å². The predicted molar refractivity (Wildman–Crippen MR) is 88.9 cm³/mol. The van der Waals surface area contributed by atoms with E-state index < -0.39 is 5.97 Å². The lowest BCUT2D eigenvalue weighted by atomic mass is 9.86. The van der Waals surface area contributed by atoms with Crippen molar-refractivity contribution in [2.75, 3.05) is 19.7 Å². The Labute approximate surface area is 141 Å². The van der Waals surface area contributed by atoms with Crippen LogP contribution >= 0.6 is 0 Å². The second kappa shape index (κ2) is 7.55. The standard InChI is InChI=1S/C18H24N2O4/c21-17(22)14-6-8-15(9-7-14)19-18(23)20-10-13(11-20)12-24-16-4-2-1-3-5-16/h1-5,13-15H,6-12H2,(H,19,23)(H,21,22). The van der Waals surface area contributed by atoms with Gasteiger partial charge < -0.3 is 20.1 Å². The van der Waals surface area contributed by atoms with Crippen molar-refractivity contribution in [3.63, 3.8) is 0 Å². The number of carboxylic acids is 1. The van der Waals surface area contributed by atoms with Crippen molar-refractivity contribution >= 4 is 12.0 Å². The maximum atomic E-state index is 12.2. The number of ether oxygens (including phenoxy) is 1. The van der Waals surface area contributed by atoms with Crippen LogP contribution < -0.4 is 10.1 Å². The van der Waals surface area contributed by atoms with Crippen LogP contribution in [0.5, 0.6) is 5.75 Å². The number of benzene rings is 1. The SMILES string of the molecule is O=C(O)C1CCC(NC(=O)N2CC(COc3ccccc3)C2)CC1. The van der Waals surface area contributed by atoms with E-state index in [1.807, 2.05) is 30.3 Å². The molecule has 1 saturated heterocycles. The zero-order valence-corrected chi connectivity index (χ0v) is 13.7. The number of nitrogens with one attached hydrogen (secondary N) is 1. The Hall–Kier alpha value is -2.24. The normalized spacial score (nSPS) is 24.1. The van der Waals surface area contributed by atoms with Crippen molar-refractivity contribution in [3.8, 4) is 5.75 Å². The predicted octanol–water partition coefficient (Wildman–Crippen LogP) is 2.35. The first-order valence-corrected chi connectivity index (χ1v) is 8.58. The summed E-state index contributed by atoms with van der Waals surface area (Å²) in [6.07, 6.45) is 2.79. The molecule has 1 aromatic rings. The molecule has 2 N–H and O–H groups in total. The first-order valence-electron chi connectivity index (χ1n) is 8.58. The van der Waals surface area contributed by atoms with E-state index >= 15 is 0 Å². The second-order valence-corrected chi connectivity index (χ2v) is 6.73. The zero-order chi connectivity index (χ0) is 16.9. The van der Waals surface area contributed by atoms with Crippen molar-refractivity contribution in [1.29, 1.82) is 0 Å². The molecule has 0 atom stereocenters. The van der Waals surface area contributed by atoms with Gasteiger partial charge in [-0.2, -0.15) is 0 Å². The Morgan fingerprint density at radius 2 is 1.79 bits per heavy atom.